The molecule has 0 radical (unpaired) electrons. The van der Waals surface area contributed by atoms with Crippen LogP contribution in [-0.4, -0.2) is 23.0 Å². The summed E-state index contributed by atoms with van der Waals surface area (Å²) in [6.07, 6.45) is 1.51. The van der Waals surface area contributed by atoms with Gasteiger partial charge in [-0.2, -0.15) is 9.78 Å². The lowest BCUT2D eigenvalue weighted by atomic mass is 9.96. The van der Waals surface area contributed by atoms with E-state index in [0.717, 1.165) is 22.4 Å². The average Bonchev–Trinajstić information content (AvgIpc) is 2.95. The molecule has 0 fully saturated rings. The number of halogens is 3. The van der Waals surface area contributed by atoms with Crippen molar-refractivity contribution >= 4 is 44.6 Å². The summed E-state index contributed by atoms with van der Waals surface area (Å²) in [5, 5.41) is 5.52. The van der Waals surface area contributed by atoms with Crippen LogP contribution in [0.15, 0.2) is 87.2 Å². The van der Waals surface area contributed by atoms with Gasteiger partial charge in [-0.1, -0.05) is 49.7 Å². The first-order chi connectivity index (χ1) is 20.2. The van der Waals surface area contributed by atoms with E-state index in [-0.39, 0.29) is 23.9 Å². The van der Waals surface area contributed by atoms with Crippen LogP contribution in [0.4, 0.5) is 4.39 Å². The van der Waals surface area contributed by atoms with E-state index in [0.29, 0.717) is 43.1 Å². The van der Waals surface area contributed by atoms with Gasteiger partial charge in [-0.05, 0) is 94.0 Å². The molecule has 5 rings (SSSR count). The number of aromatic nitrogens is 2. The molecule has 1 heterocycles. The zero-order chi connectivity index (χ0) is 30.0. The first kappa shape index (κ1) is 29.5. The molecular weight excluding hydrogens is 621 g/mol. The molecule has 214 valence electrons. The van der Waals surface area contributed by atoms with Crippen molar-refractivity contribution in [3.63, 3.8) is 0 Å². The molecule has 0 aliphatic rings. The van der Waals surface area contributed by atoms with Crippen molar-refractivity contribution in [2.45, 2.75) is 33.3 Å². The molecule has 0 aliphatic heterocycles. The first-order valence-electron chi connectivity index (χ1n) is 13.3. The largest absolute Gasteiger partial charge is 0.496 e. The predicted molar refractivity (Wildman–Crippen MR) is 170 cm³/mol. The molecular formula is C33H28BrClFN3O3. The molecule has 0 spiro atoms. The molecule has 1 aromatic heterocycles. The lowest BCUT2D eigenvalue weighted by Gasteiger charge is -2.17. The van der Waals surface area contributed by atoms with Crippen LogP contribution in [0.25, 0.3) is 22.3 Å². The molecule has 42 heavy (non-hydrogen) atoms. The van der Waals surface area contributed by atoms with Gasteiger partial charge in [0.05, 0.1) is 28.7 Å². The summed E-state index contributed by atoms with van der Waals surface area (Å²) in [6.45, 7) is 6.23. The van der Waals surface area contributed by atoms with E-state index < -0.39 is 0 Å². The van der Waals surface area contributed by atoms with Gasteiger partial charge in [0.15, 0.2) is 5.82 Å². The second kappa shape index (κ2) is 12.5. The van der Waals surface area contributed by atoms with Crippen molar-refractivity contribution in [3.05, 3.63) is 121 Å². The number of hydrogen-bond donors (Lipinski definition) is 0. The molecule has 0 saturated carbocycles. The molecule has 0 aliphatic carbocycles. The second-order valence-electron chi connectivity index (χ2n) is 10.1. The summed E-state index contributed by atoms with van der Waals surface area (Å²) in [7, 11) is 1.64. The Kier molecular flexibility index (Phi) is 8.75. The number of methoxy groups -OCH3 is 1. The Bertz CT molecular complexity index is 1890. The van der Waals surface area contributed by atoms with Gasteiger partial charge < -0.3 is 9.47 Å². The van der Waals surface area contributed by atoms with E-state index in [2.05, 4.69) is 34.9 Å². The molecule has 9 heteroatoms. The highest BCUT2D eigenvalue weighted by Gasteiger charge is 2.19. The van der Waals surface area contributed by atoms with Crippen molar-refractivity contribution in [1.82, 2.24) is 9.66 Å². The highest BCUT2D eigenvalue weighted by Crippen LogP contribution is 2.35. The summed E-state index contributed by atoms with van der Waals surface area (Å²) in [6, 6.07) is 20.7. The lowest BCUT2D eigenvalue weighted by molar-refractivity contribution is 0.303. The number of hydrogen-bond acceptors (Lipinski definition) is 5. The highest BCUT2D eigenvalue weighted by atomic mass is 79.9. The van der Waals surface area contributed by atoms with E-state index in [1.54, 1.807) is 43.5 Å². The number of ether oxygens (including phenoxy) is 2. The van der Waals surface area contributed by atoms with Gasteiger partial charge >= 0.3 is 0 Å². The van der Waals surface area contributed by atoms with Crippen LogP contribution in [-0.2, 0) is 6.61 Å². The number of benzene rings is 4. The van der Waals surface area contributed by atoms with Crippen LogP contribution in [0.5, 0.6) is 11.5 Å². The third-order valence-corrected chi connectivity index (χ3v) is 7.62. The number of para-hydroxylation sites is 1. The van der Waals surface area contributed by atoms with Crippen LogP contribution >= 0.6 is 27.5 Å². The molecule has 6 nitrogen and oxygen atoms in total. The van der Waals surface area contributed by atoms with Crippen LogP contribution < -0.4 is 15.0 Å². The van der Waals surface area contributed by atoms with Crippen molar-refractivity contribution in [3.8, 4) is 22.9 Å². The molecule has 0 N–H and O–H groups in total. The quantitative estimate of drug-likeness (QED) is 0.158. The van der Waals surface area contributed by atoms with E-state index in [4.69, 9.17) is 26.1 Å². The Balaban J connectivity index is 1.66. The lowest BCUT2D eigenvalue weighted by Crippen LogP contribution is -2.21. The Morgan fingerprint density at radius 1 is 1.10 bits per heavy atom. The van der Waals surface area contributed by atoms with Gasteiger partial charge in [0.25, 0.3) is 5.56 Å². The third kappa shape index (κ3) is 6.10. The Labute approximate surface area is 256 Å². The minimum absolute atomic E-state index is 0.116. The maximum Gasteiger partial charge on any atom is 0.282 e. The SMILES string of the molecule is COc1cc(C)c(-c2nc3ccccc3c(=O)n2N=Cc2cc(Cl)cc(Br)c2OCc2cccc(F)c2)cc1C(C)C. The average molecular weight is 649 g/mol. The van der Waals surface area contributed by atoms with Gasteiger partial charge in [-0.25, -0.2) is 9.37 Å². The zero-order valence-electron chi connectivity index (χ0n) is 23.5. The van der Waals surface area contributed by atoms with Crippen molar-refractivity contribution in [2.75, 3.05) is 7.11 Å². The van der Waals surface area contributed by atoms with E-state index in [1.807, 2.05) is 31.2 Å². The summed E-state index contributed by atoms with van der Waals surface area (Å²) >= 11 is 9.90. The van der Waals surface area contributed by atoms with E-state index in [1.165, 1.54) is 23.0 Å². The second-order valence-corrected chi connectivity index (χ2v) is 11.4. The van der Waals surface area contributed by atoms with E-state index in [9.17, 15) is 9.18 Å². The van der Waals surface area contributed by atoms with Crippen LogP contribution in [0.3, 0.4) is 0 Å². The van der Waals surface area contributed by atoms with Gasteiger partial charge in [0, 0.05) is 16.1 Å². The molecule has 0 amide bonds. The molecule has 0 atom stereocenters. The smallest absolute Gasteiger partial charge is 0.282 e. The number of nitrogens with zero attached hydrogens (tertiary/aromatic N) is 3. The fourth-order valence-corrected chi connectivity index (χ4v) is 5.65. The van der Waals surface area contributed by atoms with Gasteiger partial charge in [0.1, 0.15) is 23.9 Å². The summed E-state index contributed by atoms with van der Waals surface area (Å²) in [4.78, 5) is 18.7. The summed E-state index contributed by atoms with van der Waals surface area (Å²) < 4.78 is 27.3. The fourth-order valence-electron chi connectivity index (χ4n) is 4.70. The molecule has 0 saturated heterocycles. The Morgan fingerprint density at radius 3 is 2.62 bits per heavy atom. The van der Waals surface area contributed by atoms with Gasteiger partial charge in [0.2, 0.25) is 0 Å². The maximum absolute atomic E-state index is 13.8. The topological polar surface area (TPSA) is 65.7 Å². The minimum atomic E-state index is -0.349. The maximum atomic E-state index is 13.8. The highest BCUT2D eigenvalue weighted by molar-refractivity contribution is 9.10. The van der Waals surface area contributed by atoms with Crippen LogP contribution in [0.1, 0.15) is 42.0 Å². The third-order valence-electron chi connectivity index (χ3n) is 6.82. The number of aryl methyl sites for hydroxylation is 1. The molecule has 0 unspecified atom stereocenters. The monoisotopic (exact) mass is 647 g/mol. The normalized spacial score (nSPS) is 11.5. The van der Waals surface area contributed by atoms with Gasteiger partial charge in [-0.15, -0.1) is 0 Å². The zero-order valence-corrected chi connectivity index (χ0v) is 25.8. The van der Waals surface area contributed by atoms with Crippen molar-refractivity contribution < 1.29 is 13.9 Å². The predicted octanol–water partition coefficient (Wildman–Crippen LogP) is 8.52. The molecule has 4 aromatic carbocycles. The summed E-state index contributed by atoms with van der Waals surface area (Å²) in [5.74, 6) is 1.43. The van der Waals surface area contributed by atoms with E-state index >= 15 is 0 Å². The van der Waals surface area contributed by atoms with Gasteiger partial charge in [-0.3, -0.25) is 4.79 Å². The number of rotatable bonds is 8. The van der Waals surface area contributed by atoms with Crippen molar-refractivity contribution in [1.29, 1.82) is 0 Å². The minimum Gasteiger partial charge on any atom is -0.496 e. The first-order valence-corrected chi connectivity index (χ1v) is 14.4. The standard InChI is InChI=1S/C33H28BrClFN3O3/c1-19(2)26-16-27(20(3)12-30(26)41-4)32-38-29-11-6-5-10-25(29)33(40)39(32)37-17-22-14-23(35)15-28(34)31(22)42-18-21-8-7-9-24(36)13-21/h5-17,19H,18H2,1-4H3. The molecule has 0 bridgehead atoms. The van der Waals surface area contributed by atoms with Crippen molar-refractivity contribution in [2.24, 2.45) is 5.10 Å². The molecule has 5 aromatic rings. The fraction of sp³-hybridized carbons (Fsp3) is 0.182. The Morgan fingerprint density at radius 2 is 1.88 bits per heavy atom. The number of fused-ring (bicyclic) bond motifs is 1. The Hall–Kier alpha value is -4.01. The summed E-state index contributed by atoms with van der Waals surface area (Å²) in [5.41, 5.74) is 4.05. The van der Waals surface area contributed by atoms with Crippen LogP contribution in [0, 0.1) is 12.7 Å². The van der Waals surface area contributed by atoms with Crippen LogP contribution in [0.2, 0.25) is 5.02 Å².